The molecule has 3 saturated heterocycles. The number of aromatic nitrogens is 3. The minimum atomic E-state index is -0.595. The molecule has 2 amide bonds. The molecule has 3 aromatic rings. The summed E-state index contributed by atoms with van der Waals surface area (Å²) in [5, 5.41) is 10.8. The second-order valence-electron chi connectivity index (χ2n) is 14.2. The number of amides is 2. The summed E-state index contributed by atoms with van der Waals surface area (Å²) in [5.41, 5.74) is 2.71. The first-order chi connectivity index (χ1) is 21.7. The van der Waals surface area contributed by atoms with Crippen LogP contribution in [0.1, 0.15) is 57.5 Å². The van der Waals surface area contributed by atoms with Crippen molar-refractivity contribution in [2.45, 2.75) is 76.6 Å². The highest BCUT2D eigenvalue weighted by molar-refractivity contribution is 9.10. The first kappa shape index (κ1) is 32.8. The Bertz CT molecular complexity index is 1750. The maximum absolute atomic E-state index is 13.3. The van der Waals surface area contributed by atoms with E-state index in [1.54, 1.807) is 19.0 Å². The first-order valence-corrected chi connectivity index (χ1v) is 17.1. The van der Waals surface area contributed by atoms with Crippen LogP contribution in [0.4, 0.5) is 10.6 Å². The van der Waals surface area contributed by atoms with Crippen LogP contribution < -0.4 is 4.90 Å². The second kappa shape index (κ2) is 12.1. The minimum absolute atomic E-state index is 0.0247. The topological polar surface area (TPSA) is 111 Å². The van der Waals surface area contributed by atoms with Gasteiger partial charge in [-0.15, -0.1) is 0 Å². The maximum Gasteiger partial charge on any atom is 0.410 e. The molecular formula is C33H42BrClN8O3. The molecule has 1 aliphatic carbocycles. The van der Waals surface area contributed by atoms with Crippen molar-refractivity contribution in [3.8, 4) is 6.07 Å². The Morgan fingerprint density at radius 1 is 1.13 bits per heavy atom. The van der Waals surface area contributed by atoms with Crippen LogP contribution in [0, 0.1) is 17.2 Å². The second-order valence-corrected chi connectivity index (χ2v) is 15.4. The van der Waals surface area contributed by atoms with Gasteiger partial charge in [-0.2, -0.15) is 5.26 Å². The van der Waals surface area contributed by atoms with Crippen molar-refractivity contribution < 1.29 is 14.3 Å². The summed E-state index contributed by atoms with van der Waals surface area (Å²) in [7, 11) is 7.70. The van der Waals surface area contributed by atoms with E-state index in [0.717, 1.165) is 58.7 Å². The lowest BCUT2D eigenvalue weighted by molar-refractivity contribution is -0.128. The number of anilines is 1. The number of likely N-dealkylation sites (N-methyl/N-ethyl adjacent to an activating group) is 1. The number of hydrogen-bond donors (Lipinski definition) is 0. The van der Waals surface area contributed by atoms with Gasteiger partial charge in [-0.3, -0.25) is 4.79 Å². The molecule has 2 aromatic heterocycles. The highest BCUT2D eigenvalue weighted by Gasteiger charge is 2.56. The molecular weight excluding hydrogens is 672 g/mol. The Labute approximate surface area is 283 Å². The summed E-state index contributed by atoms with van der Waals surface area (Å²) in [5.74, 6) is 1.84. The fraction of sp³-hybridized carbons (Fsp3) is 0.606. The lowest BCUT2D eigenvalue weighted by atomic mass is 9.79. The van der Waals surface area contributed by atoms with Gasteiger partial charge in [0.2, 0.25) is 5.91 Å². The summed E-state index contributed by atoms with van der Waals surface area (Å²) < 4.78 is 8.80. The number of fused-ring (bicyclic) bond motifs is 4. The molecule has 13 heteroatoms. The summed E-state index contributed by atoms with van der Waals surface area (Å²) in [6.45, 7) is 7.89. The molecule has 3 unspecified atom stereocenters. The van der Waals surface area contributed by atoms with Gasteiger partial charge >= 0.3 is 6.09 Å². The number of ether oxygens (including phenoxy) is 1. The van der Waals surface area contributed by atoms with Crippen molar-refractivity contribution in [3.63, 3.8) is 0 Å². The molecule has 0 N–H and O–H groups in total. The van der Waals surface area contributed by atoms with Gasteiger partial charge in [-0.25, -0.2) is 14.8 Å². The molecule has 5 heterocycles. The summed E-state index contributed by atoms with van der Waals surface area (Å²) >= 11 is 10.7. The van der Waals surface area contributed by atoms with Gasteiger partial charge in [0, 0.05) is 70.3 Å². The molecule has 7 rings (SSSR count). The zero-order valence-corrected chi connectivity index (χ0v) is 29.9. The predicted molar refractivity (Wildman–Crippen MR) is 182 cm³/mol. The molecule has 0 radical (unpaired) electrons. The number of hydrogen-bond acceptors (Lipinski definition) is 8. The number of carbonyl (C=O) groups excluding carboxylic acids is 2. The molecule has 3 atom stereocenters. The highest BCUT2D eigenvalue weighted by atomic mass is 79.9. The average molecular weight is 714 g/mol. The molecule has 3 aliphatic heterocycles. The van der Waals surface area contributed by atoms with E-state index in [1.807, 2.05) is 25.7 Å². The quantitative estimate of drug-likeness (QED) is 0.305. The Morgan fingerprint density at radius 2 is 1.85 bits per heavy atom. The number of benzene rings is 1. The van der Waals surface area contributed by atoms with E-state index in [2.05, 4.69) is 56.5 Å². The first-order valence-electron chi connectivity index (χ1n) is 15.9. The minimum Gasteiger partial charge on any atom is -0.444 e. The molecule has 1 aromatic carbocycles. The molecule has 46 heavy (non-hydrogen) atoms. The normalized spacial score (nSPS) is 21.1. The standard InChI is InChI=1S/C33H42BrClN8O3/c1-33(2,3)46-32(45)42-15-19-14-22(42)29(19)43-23(10-11-24(44)40(6)7)37-28-30(43)21-13-18(9-8-12-36)26(35)25(34)27(21)38-31(28)41-16-20(17-41)39(4)5/h13,19-20,22,29H,8-11,14-17H2,1-7H3. The van der Waals surface area contributed by atoms with Crippen LogP contribution in [-0.2, 0) is 22.4 Å². The van der Waals surface area contributed by atoms with E-state index >= 15 is 0 Å². The van der Waals surface area contributed by atoms with Crippen LogP contribution in [0.25, 0.3) is 21.9 Å². The van der Waals surface area contributed by atoms with Gasteiger partial charge < -0.3 is 28.9 Å². The van der Waals surface area contributed by atoms with Crippen molar-refractivity contribution >= 4 is 67.3 Å². The Morgan fingerprint density at radius 3 is 2.48 bits per heavy atom. The number of imidazole rings is 1. The van der Waals surface area contributed by atoms with Crippen LogP contribution >= 0.6 is 27.5 Å². The molecule has 0 spiro atoms. The van der Waals surface area contributed by atoms with Gasteiger partial charge in [0.15, 0.2) is 5.82 Å². The van der Waals surface area contributed by atoms with Crippen molar-refractivity contribution in [1.82, 2.24) is 29.2 Å². The van der Waals surface area contributed by atoms with E-state index in [9.17, 15) is 14.9 Å². The van der Waals surface area contributed by atoms with Crippen molar-refractivity contribution in [1.29, 1.82) is 5.26 Å². The number of rotatable bonds is 8. The average Bonchev–Trinajstić information content (AvgIpc) is 3.64. The number of pyridine rings is 1. The summed E-state index contributed by atoms with van der Waals surface area (Å²) in [4.78, 5) is 44.6. The van der Waals surface area contributed by atoms with E-state index in [1.165, 1.54) is 0 Å². The summed E-state index contributed by atoms with van der Waals surface area (Å²) in [6.07, 6.45) is 2.18. The van der Waals surface area contributed by atoms with Crippen molar-refractivity contribution in [3.05, 3.63) is 26.9 Å². The summed E-state index contributed by atoms with van der Waals surface area (Å²) in [6, 6.07) is 4.61. The molecule has 11 nitrogen and oxygen atoms in total. The van der Waals surface area contributed by atoms with Crippen LogP contribution in [0.3, 0.4) is 0 Å². The fourth-order valence-electron chi connectivity index (χ4n) is 7.00. The van der Waals surface area contributed by atoms with E-state index in [0.29, 0.717) is 47.8 Å². The van der Waals surface area contributed by atoms with Crippen molar-refractivity contribution in [2.24, 2.45) is 5.92 Å². The number of nitrogens with zero attached hydrogens (tertiary/aromatic N) is 8. The van der Waals surface area contributed by atoms with Crippen LogP contribution in [0.15, 0.2) is 10.5 Å². The van der Waals surface area contributed by atoms with Gasteiger partial charge in [-0.05, 0) is 75.3 Å². The van der Waals surface area contributed by atoms with Gasteiger partial charge in [0.05, 0.1) is 38.7 Å². The van der Waals surface area contributed by atoms with Gasteiger partial charge in [-0.1, -0.05) is 11.6 Å². The van der Waals surface area contributed by atoms with Crippen LogP contribution in [0.5, 0.6) is 0 Å². The van der Waals surface area contributed by atoms with Crippen molar-refractivity contribution in [2.75, 3.05) is 52.7 Å². The lowest BCUT2D eigenvalue weighted by Crippen LogP contribution is -2.57. The predicted octanol–water partition coefficient (Wildman–Crippen LogP) is 5.41. The number of halogens is 2. The van der Waals surface area contributed by atoms with Gasteiger partial charge in [0.25, 0.3) is 0 Å². The number of nitriles is 1. The smallest absolute Gasteiger partial charge is 0.410 e. The molecule has 246 valence electrons. The van der Waals surface area contributed by atoms with Crippen LogP contribution in [-0.4, -0.2) is 107 Å². The fourth-order valence-corrected chi connectivity index (χ4v) is 7.80. The maximum atomic E-state index is 13.3. The molecule has 2 bridgehead atoms. The molecule has 4 fully saturated rings. The Kier molecular flexibility index (Phi) is 8.66. The largest absolute Gasteiger partial charge is 0.444 e. The van der Waals surface area contributed by atoms with E-state index < -0.39 is 5.60 Å². The zero-order valence-electron chi connectivity index (χ0n) is 27.6. The monoisotopic (exact) mass is 712 g/mol. The SMILES string of the molecule is CN(C)C(=O)CCc1nc2c(N3CC(N(C)C)C3)nc3c(Br)c(Cl)c(CCC#N)cc3c2n1C1C2CC1N(C(=O)OC(C)(C)C)C2. The Hall–Kier alpha value is -3.14. The molecule has 1 saturated carbocycles. The zero-order chi connectivity index (χ0) is 33.2. The van der Waals surface area contributed by atoms with Crippen LogP contribution in [0.2, 0.25) is 5.02 Å². The Balaban J connectivity index is 1.56. The third-order valence-electron chi connectivity index (χ3n) is 9.56. The van der Waals surface area contributed by atoms with Gasteiger partial charge in [0.1, 0.15) is 16.9 Å². The highest BCUT2D eigenvalue weighted by Crippen LogP contribution is 2.53. The number of carbonyl (C=O) groups is 2. The third kappa shape index (κ3) is 5.69. The lowest BCUT2D eigenvalue weighted by Gasteiger charge is -2.43. The number of aryl methyl sites for hydroxylation is 2. The van der Waals surface area contributed by atoms with E-state index in [4.69, 9.17) is 26.3 Å². The third-order valence-corrected chi connectivity index (χ3v) is 11.0. The molecule has 4 aliphatic rings. The van der Waals surface area contributed by atoms with E-state index in [-0.39, 0.29) is 30.0 Å².